The van der Waals surface area contributed by atoms with Gasteiger partial charge in [0.2, 0.25) is 0 Å². The summed E-state index contributed by atoms with van der Waals surface area (Å²) in [6, 6.07) is 0. The number of carboxylic acids is 3. The van der Waals surface area contributed by atoms with Crippen LogP contribution in [0.25, 0.3) is 0 Å². The predicted molar refractivity (Wildman–Crippen MR) is 115 cm³/mol. The minimum atomic E-state index is -1.11. The number of hydrogen-bond acceptors (Lipinski definition) is 13. The summed E-state index contributed by atoms with van der Waals surface area (Å²) in [5, 5.41) is 62.7. The van der Waals surface area contributed by atoms with Crippen molar-refractivity contribution in [1.82, 2.24) is 0 Å². The molecule has 0 aliphatic carbocycles. The van der Waals surface area contributed by atoms with Crippen LogP contribution in [0.15, 0.2) is 0 Å². The standard InChI is InChI=1S/C5H12O4.3C4H8O2S.Ce/c6-1-5(2-7,3-8)4-9;3*1-3(7)2-4(5)6;/h6-9H,1-4H2;3*3,7H,2H2,1H3,(H,5,6);/q;;;;+3/p-3. The Morgan fingerprint density at radius 3 is 0.806 bits per heavy atom. The second-order valence-electron chi connectivity index (χ2n) is 6.41. The molecule has 0 amide bonds. The zero-order valence-corrected chi connectivity index (χ0v) is 23.6. The van der Waals surface area contributed by atoms with E-state index in [2.05, 4.69) is 37.9 Å². The molecule has 3 unspecified atom stereocenters. The van der Waals surface area contributed by atoms with Crippen LogP contribution in [0, 0.1) is 47.2 Å². The summed E-state index contributed by atoms with van der Waals surface area (Å²) in [6.07, 6.45) is 0.0926. The van der Waals surface area contributed by atoms with Crippen LogP contribution in [-0.2, 0) is 14.4 Å². The van der Waals surface area contributed by atoms with E-state index in [1.54, 1.807) is 20.8 Å². The van der Waals surface area contributed by atoms with E-state index in [1.165, 1.54) is 0 Å². The van der Waals surface area contributed by atoms with Crippen molar-refractivity contribution >= 4 is 55.8 Å². The molecule has 14 heteroatoms. The first-order valence-electron chi connectivity index (χ1n) is 8.70. The van der Waals surface area contributed by atoms with Crippen molar-refractivity contribution in [2.75, 3.05) is 26.4 Å². The average molecular weight is 634 g/mol. The molecule has 0 aromatic carbocycles. The molecule has 183 valence electrons. The first-order chi connectivity index (χ1) is 13.6. The number of carbonyl (C=O) groups excluding carboxylic acids is 3. The molecule has 0 rings (SSSR count). The molecule has 0 aliphatic rings. The molecular formula is C17H33CeO10S3. The molecule has 0 heterocycles. The zero-order valence-electron chi connectivity index (χ0n) is 17.8. The van der Waals surface area contributed by atoms with E-state index in [0.29, 0.717) is 0 Å². The monoisotopic (exact) mass is 633 g/mol. The number of aliphatic hydroxyl groups is 4. The Bertz CT molecular complexity index is 383. The molecule has 0 fully saturated rings. The van der Waals surface area contributed by atoms with Crippen LogP contribution in [0.1, 0.15) is 40.0 Å². The molecule has 10 nitrogen and oxygen atoms in total. The molecule has 0 saturated carbocycles. The van der Waals surface area contributed by atoms with Gasteiger partial charge in [0, 0.05) is 33.7 Å². The third-order valence-corrected chi connectivity index (χ3v) is 3.28. The van der Waals surface area contributed by atoms with Crippen molar-refractivity contribution in [3.63, 3.8) is 0 Å². The smallest absolute Gasteiger partial charge is 0.550 e. The molecule has 0 aromatic heterocycles. The third-order valence-electron chi connectivity index (χ3n) is 2.73. The van der Waals surface area contributed by atoms with Gasteiger partial charge in [-0.3, -0.25) is 0 Å². The van der Waals surface area contributed by atoms with Gasteiger partial charge in [0.1, 0.15) is 0 Å². The van der Waals surface area contributed by atoms with Crippen molar-refractivity contribution in [2.24, 2.45) is 5.41 Å². The van der Waals surface area contributed by atoms with E-state index in [4.69, 9.17) is 20.4 Å². The number of rotatable bonds is 10. The number of carbonyl (C=O) groups is 3. The Morgan fingerprint density at radius 2 is 0.806 bits per heavy atom. The Morgan fingerprint density at radius 1 is 0.645 bits per heavy atom. The Kier molecular flexibility index (Phi) is 36.4. The van der Waals surface area contributed by atoms with Gasteiger partial charge in [-0.05, 0) is 19.3 Å². The van der Waals surface area contributed by atoms with E-state index in [0.717, 1.165) is 0 Å². The first-order valence-corrected chi connectivity index (χ1v) is 10.2. The van der Waals surface area contributed by atoms with Crippen LogP contribution in [0.5, 0.6) is 0 Å². The minimum absolute atomic E-state index is 0. The molecule has 0 bridgehead atoms. The number of thiol groups is 3. The Balaban J connectivity index is -0.0000000965. The fourth-order valence-electron chi connectivity index (χ4n) is 1.02. The van der Waals surface area contributed by atoms with Crippen LogP contribution in [0.4, 0.5) is 0 Å². The van der Waals surface area contributed by atoms with Crippen LogP contribution >= 0.6 is 37.9 Å². The van der Waals surface area contributed by atoms with Gasteiger partial charge >= 0.3 is 41.7 Å². The molecular weight excluding hydrogens is 600 g/mol. The summed E-state index contributed by atoms with van der Waals surface area (Å²) in [5.74, 6) is -3.12. The second-order valence-corrected chi connectivity index (χ2v) is 9.05. The summed E-state index contributed by atoms with van der Waals surface area (Å²) in [5.41, 5.74) is -1.11. The van der Waals surface area contributed by atoms with Crippen molar-refractivity contribution in [3.05, 3.63) is 0 Å². The molecule has 31 heavy (non-hydrogen) atoms. The molecule has 1 radical (unpaired) electrons. The molecule has 3 atom stereocenters. The van der Waals surface area contributed by atoms with Gasteiger partial charge in [-0.25, -0.2) is 0 Å². The van der Waals surface area contributed by atoms with E-state index >= 15 is 0 Å². The van der Waals surface area contributed by atoms with E-state index in [-0.39, 0.29) is 76.8 Å². The van der Waals surface area contributed by atoms with Gasteiger partial charge in [-0.15, -0.1) is 0 Å². The van der Waals surface area contributed by atoms with Crippen molar-refractivity contribution in [3.8, 4) is 0 Å². The summed E-state index contributed by atoms with van der Waals surface area (Å²) < 4.78 is 0. The van der Waals surface area contributed by atoms with Crippen molar-refractivity contribution < 1.29 is 91.9 Å². The van der Waals surface area contributed by atoms with Gasteiger partial charge in [0.25, 0.3) is 0 Å². The van der Waals surface area contributed by atoms with Crippen LogP contribution < -0.4 is 15.3 Å². The maximum Gasteiger partial charge on any atom is 3.00 e. The van der Waals surface area contributed by atoms with Crippen molar-refractivity contribution in [1.29, 1.82) is 0 Å². The SMILES string of the molecule is CC(S)CC(=O)[O-].CC(S)CC(=O)[O-].CC(S)CC(=O)[O-].OCC(CO)(CO)CO.[Ce+3]. The summed E-state index contributed by atoms with van der Waals surface area (Å²) in [6.45, 7) is 3.50. The van der Waals surface area contributed by atoms with Gasteiger partial charge in [-0.1, -0.05) is 20.8 Å². The molecule has 0 aliphatic heterocycles. The Hall–Kier alpha value is 0.677. The van der Waals surface area contributed by atoms with Crippen LogP contribution in [0.3, 0.4) is 0 Å². The molecule has 0 aromatic rings. The topological polar surface area (TPSA) is 201 Å². The zero-order chi connectivity index (χ0) is 24.9. The minimum Gasteiger partial charge on any atom is -0.550 e. The largest absolute Gasteiger partial charge is 3.00 e. The third kappa shape index (κ3) is 41.4. The van der Waals surface area contributed by atoms with Gasteiger partial charge in [-0.2, -0.15) is 37.9 Å². The quantitative estimate of drug-likeness (QED) is 0.117. The number of carboxylic acid groups (broad SMARTS) is 3. The fourth-order valence-corrected chi connectivity index (χ4v) is 1.47. The normalized spacial score (nSPS) is 12.6. The van der Waals surface area contributed by atoms with Crippen LogP contribution in [-0.4, -0.2) is 80.5 Å². The van der Waals surface area contributed by atoms with Gasteiger partial charge in [0.05, 0.1) is 31.8 Å². The molecule has 0 saturated heterocycles. The maximum atomic E-state index is 9.65. The molecule has 4 N–H and O–H groups in total. The van der Waals surface area contributed by atoms with Crippen molar-refractivity contribution in [2.45, 2.75) is 55.8 Å². The summed E-state index contributed by atoms with van der Waals surface area (Å²) in [7, 11) is 0. The number of hydrogen-bond donors (Lipinski definition) is 7. The fraction of sp³-hybridized carbons (Fsp3) is 0.824. The number of aliphatic hydroxyl groups excluding tert-OH is 4. The average Bonchev–Trinajstić information content (AvgIpc) is 2.55. The Labute approximate surface area is 233 Å². The number of aliphatic carboxylic acids is 3. The first kappa shape index (κ1) is 41.9. The van der Waals surface area contributed by atoms with E-state index < -0.39 is 49.8 Å². The van der Waals surface area contributed by atoms with E-state index in [9.17, 15) is 29.7 Å². The van der Waals surface area contributed by atoms with Gasteiger partial charge < -0.3 is 50.1 Å². The van der Waals surface area contributed by atoms with Crippen LogP contribution in [0.2, 0.25) is 0 Å². The molecule has 0 spiro atoms. The predicted octanol–water partition coefficient (Wildman–Crippen LogP) is -3.72. The second kappa shape index (κ2) is 26.9. The van der Waals surface area contributed by atoms with E-state index in [1.807, 2.05) is 0 Å². The summed E-state index contributed by atoms with van der Waals surface area (Å²) in [4.78, 5) is 28.9. The maximum absolute atomic E-state index is 9.65. The summed E-state index contributed by atoms with van der Waals surface area (Å²) >= 11 is 11.4. The van der Waals surface area contributed by atoms with Gasteiger partial charge in [0.15, 0.2) is 0 Å².